The fourth-order valence-electron chi connectivity index (χ4n) is 0.814. The molecule has 0 amide bonds. The summed E-state index contributed by atoms with van der Waals surface area (Å²) in [6, 6.07) is 1.18. The highest BCUT2D eigenvalue weighted by Gasteiger charge is 2.10. The minimum absolute atomic E-state index is 0.173. The van der Waals surface area contributed by atoms with Crippen LogP contribution in [0.2, 0.25) is 0 Å². The lowest BCUT2D eigenvalue weighted by molar-refractivity contribution is 0.0483. The lowest BCUT2D eigenvalue weighted by Crippen LogP contribution is -2.10. The van der Waals surface area contributed by atoms with Crippen LogP contribution in [0.1, 0.15) is 30.4 Å². The molecule has 0 saturated heterocycles. The molecule has 0 aliphatic heterocycles. The second-order valence-electron chi connectivity index (χ2n) is 2.71. The van der Waals surface area contributed by atoms with Crippen LogP contribution < -0.4 is 0 Å². The van der Waals surface area contributed by atoms with E-state index in [1.807, 2.05) is 6.92 Å². The Balaban J connectivity index is 2.52. The van der Waals surface area contributed by atoms with Crippen LogP contribution in [0.3, 0.4) is 0 Å². The van der Waals surface area contributed by atoms with Crippen LogP contribution in [-0.4, -0.2) is 22.5 Å². The Morgan fingerprint density at radius 1 is 1.57 bits per heavy atom. The van der Waals surface area contributed by atoms with Crippen molar-refractivity contribution in [1.29, 1.82) is 0 Å². The van der Waals surface area contributed by atoms with E-state index in [1.54, 1.807) is 0 Å². The predicted octanol–water partition coefficient (Wildman–Crippen LogP) is 1.58. The van der Waals surface area contributed by atoms with Gasteiger partial charge in [0.25, 0.3) is 5.88 Å². The monoisotopic (exact) mass is 195 g/mol. The molecule has 14 heavy (non-hydrogen) atoms. The summed E-state index contributed by atoms with van der Waals surface area (Å²) in [6.07, 6.45) is 2.98. The van der Waals surface area contributed by atoms with Crippen molar-refractivity contribution in [2.45, 2.75) is 19.8 Å². The van der Waals surface area contributed by atoms with E-state index in [4.69, 9.17) is 4.74 Å². The summed E-state index contributed by atoms with van der Waals surface area (Å²) in [7, 11) is 0. The smallest absolute Gasteiger partial charge is 0.376 e. The zero-order valence-electron chi connectivity index (χ0n) is 7.90. The average Bonchev–Trinajstić information content (AvgIpc) is 2.18. The standard InChI is InChI=1S/C9H11N2O3/c1-2-3-6-14-9(13)8-10-5-4-7(12)11-8/h4-5H,2-3,6H2,1H3. The molecule has 75 valence electrons. The number of esters is 1. The minimum Gasteiger partial charge on any atom is -0.460 e. The van der Waals surface area contributed by atoms with Gasteiger partial charge in [0, 0.05) is 12.3 Å². The van der Waals surface area contributed by atoms with E-state index < -0.39 is 11.8 Å². The molecule has 1 aromatic rings. The molecule has 0 atom stereocenters. The van der Waals surface area contributed by atoms with E-state index >= 15 is 0 Å². The summed E-state index contributed by atoms with van der Waals surface area (Å²) in [5.74, 6) is -1.30. The second-order valence-corrected chi connectivity index (χ2v) is 2.71. The van der Waals surface area contributed by atoms with Crippen LogP contribution >= 0.6 is 0 Å². The number of ether oxygens (including phenoxy) is 1. The molecule has 1 radical (unpaired) electrons. The Bertz CT molecular complexity index is 315. The number of nitrogens with zero attached hydrogens (tertiary/aromatic N) is 2. The number of hydrogen-bond donors (Lipinski definition) is 0. The van der Waals surface area contributed by atoms with Crippen LogP contribution in [0.25, 0.3) is 0 Å². The Labute approximate surface area is 81.8 Å². The third kappa shape index (κ3) is 3.01. The molecule has 0 fully saturated rings. The first-order chi connectivity index (χ1) is 6.74. The van der Waals surface area contributed by atoms with Gasteiger partial charge in [0.15, 0.2) is 0 Å². The van der Waals surface area contributed by atoms with Crippen molar-refractivity contribution in [3.05, 3.63) is 18.1 Å². The van der Waals surface area contributed by atoms with Gasteiger partial charge in [0.05, 0.1) is 6.61 Å². The number of carbonyl (C=O) groups is 1. The highest BCUT2D eigenvalue weighted by atomic mass is 16.5. The Hall–Kier alpha value is -1.65. The highest BCUT2D eigenvalue weighted by molar-refractivity contribution is 5.85. The largest absolute Gasteiger partial charge is 0.460 e. The van der Waals surface area contributed by atoms with E-state index in [2.05, 4.69) is 9.97 Å². The fourth-order valence-corrected chi connectivity index (χ4v) is 0.814. The van der Waals surface area contributed by atoms with Gasteiger partial charge in [0.1, 0.15) is 0 Å². The Morgan fingerprint density at radius 3 is 3.00 bits per heavy atom. The topological polar surface area (TPSA) is 72.0 Å². The maximum Gasteiger partial charge on any atom is 0.376 e. The Morgan fingerprint density at radius 2 is 2.36 bits per heavy atom. The maximum atomic E-state index is 11.2. The third-order valence-electron chi connectivity index (χ3n) is 1.54. The summed E-state index contributed by atoms with van der Waals surface area (Å²) in [4.78, 5) is 18.2. The lowest BCUT2D eigenvalue weighted by atomic mass is 10.4. The number of unbranched alkanes of at least 4 members (excludes halogenated alkanes) is 1. The van der Waals surface area contributed by atoms with E-state index in [0.717, 1.165) is 12.8 Å². The van der Waals surface area contributed by atoms with Gasteiger partial charge in [-0.25, -0.2) is 9.78 Å². The van der Waals surface area contributed by atoms with Gasteiger partial charge in [-0.3, -0.25) is 5.11 Å². The van der Waals surface area contributed by atoms with Crippen molar-refractivity contribution >= 4 is 5.97 Å². The van der Waals surface area contributed by atoms with E-state index in [9.17, 15) is 9.90 Å². The van der Waals surface area contributed by atoms with Crippen molar-refractivity contribution in [2.75, 3.05) is 6.61 Å². The van der Waals surface area contributed by atoms with Crippen LogP contribution in [0.15, 0.2) is 12.3 Å². The van der Waals surface area contributed by atoms with Crippen molar-refractivity contribution in [3.8, 4) is 5.88 Å². The van der Waals surface area contributed by atoms with E-state index in [0.29, 0.717) is 6.61 Å². The summed E-state index contributed by atoms with van der Waals surface area (Å²) >= 11 is 0. The molecule has 5 nitrogen and oxygen atoms in total. The van der Waals surface area contributed by atoms with Gasteiger partial charge in [-0.05, 0) is 6.42 Å². The number of carbonyl (C=O) groups excluding carboxylic acids is 1. The molecule has 0 aromatic carbocycles. The van der Waals surface area contributed by atoms with Gasteiger partial charge in [0.2, 0.25) is 5.82 Å². The van der Waals surface area contributed by atoms with E-state index in [1.165, 1.54) is 12.3 Å². The SMILES string of the molecule is CCCCOC(=O)c1nccc([O])n1. The molecule has 0 N–H and O–H groups in total. The third-order valence-corrected chi connectivity index (χ3v) is 1.54. The van der Waals surface area contributed by atoms with Crippen LogP contribution in [0.4, 0.5) is 0 Å². The molecule has 0 saturated carbocycles. The molecular weight excluding hydrogens is 184 g/mol. The van der Waals surface area contributed by atoms with Gasteiger partial charge in [-0.2, -0.15) is 4.98 Å². The molecule has 0 bridgehead atoms. The van der Waals surface area contributed by atoms with Crippen LogP contribution in [0.5, 0.6) is 5.88 Å². The molecule has 0 spiro atoms. The summed E-state index contributed by atoms with van der Waals surface area (Å²) in [5.41, 5.74) is 0. The molecule has 0 aliphatic carbocycles. The first-order valence-electron chi connectivity index (χ1n) is 4.41. The van der Waals surface area contributed by atoms with Gasteiger partial charge in [-0.15, -0.1) is 0 Å². The number of rotatable bonds is 4. The average molecular weight is 195 g/mol. The summed E-state index contributed by atoms with van der Waals surface area (Å²) in [5, 5.41) is 10.8. The Kier molecular flexibility index (Phi) is 3.84. The van der Waals surface area contributed by atoms with Gasteiger partial charge < -0.3 is 4.74 Å². The molecule has 0 aliphatic rings. The van der Waals surface area contributed by atoms with Crippen LogP contribution in [0, 0.1) is 0 Å². The van der Waals surface area contributed by atoms with Crippen molar-refractivity contribution in [3.63, 3.8) is 0 Å². The quantitative estimate of drug-likeness (QED) is 0.540. The zero-order valence-corrected chi connectivity index (χ0v) is 7.90. The predicted molar refractivity (Wildman–Crippen MR) is 47.4 cm³/mol. The normalized spacial score (nSPS) is 9.79. The molecule has 1 rings (SSSR count). The van der Waals surface area contributed by atoms with Crippen LogP contribution in [-0.2, 0) is 9.84 Å². The van der Waals surface area contributed by atoms with E-state index in [-0.39, 0.29) is 5.82 Å². The number of aromatic nitrogens is 2. The highest BCUT2D eigenvalue weighted by Crippen LogP contribution is 2.03. The van der Waals surface area contributed by atoms with Gasteiger partial charge >= 0.3 is 5.97 Å². The van der Waals surface area contributed by atoms with Gasteiger partial charge in [-0.1, -0.05) is 13.3 Å². The lowest BCUT2D eigenvalue weighted by Gasteiger charge is -2.01. The molecule has 1 heterocycles. The second kappa shape index (κ2) is 5.16. The maximum absolute atomic E-state index is 11.2. The number of hydrogen-bond acceptors (Lipinski definition) is 4. The molecule has 1 aromatic heterocycles. The van der Waals surface area contributed by atoms with Crippen molar-refractivity contribution in [1.82, 2.24) is 9.97 Å². The molecule has 0 unspecified atom stereocenters. The fraction of sp³-hybridized carbons (Fsp3) is 0.444. The first kappa shape index (κ1) is 10.4. The zero-order chi connectivity index (χ0) is 10.4. The minimum atomic E-state index is -0.642. The molecular formula is C9H11N2O3. The summed E-state index contributed by atoms with van der Waals surface area (Å²) in [6.45, 7) is 2.32. The van der Waals surface area contributed by atoms with Crippen molar-refractivity contribution in [2.24, 2.45) is 0 Å². The van der Waals surface area contributed by atoms with Crippen molar-refractivity contribution < 1.29 is 14.6 Å². The molecule has 5 heteroatoms. The summed E-state index contributed by atoms with van der Waals surface area (Å²) < 4.78 is 4.82. The first-order valence-corrected chi connectivity index (χ1v) is 4.41.